The van der Waals surface area contributed by atoms with E-state index in [1.165, 1.54) is 18.9 Å². The Morgan fingerprint density at radius 1 is 1.33 bits per heavy atom. The maximum absolute atomic E-state index is 13.4. The number of benzene rings is 1. The molecule has 1 atom stereocenters. The predicted molar refractivity (Wildman–Crippen MR) is 83.8 cm³/mol. The summed E-state index contributed by atoms with van der Waals surface area (Å²) >= 11 is 0. The molecule has 1 fully saturated rings. The summed E-state index contributed by atoms with van der Waals surface area (Å²) < 4.78 is 13.4. The molecule has 0 amide bonds. The predicted octanol–water partition coefficient (Wildman–Crippen LogP) is 2.05. The third-order valence-electron chi connectivity index (χ3n) is 4.25. The molecule has 0 aliphatic carbocycles. The van der Waals surface area contributed by atoms with E-state index in [-0.39, 0.29) is 11.9 Å². The van der Waals surface area contributed by atoms with Gasteiger partial charge in [0.25, 0.3) is 0 Å². The highest BCUT2D eigenvalue weighted by molar-refractivity contribution is 5.17. The van der Waals surface area contributed by atoms with Crippen LogP contribution in [0.2, 0.25) is 0 Å². The standard InChI is InChI=1S/C17H27FN2O/c1-14-7-10-20(11-8-14)13-16(21)12-19-9-6-15-4-2-3-5-17(15)18/h2-5,14,16,19,21H,6-13H2,1H3. The first-order valence-corrected chi connectivity index (χ1v) is 7.99. The molecule has 0 aromatic heterocycles. The highest BCUT2D eigenvalue weighted by atomic mass is 19.1. The average Bonchev–Trinajstić information content (AvgIpc) is 2.48. The van der Waals surface area contributed by atoms with Crippen LogP contribution >= 0.6 is 0 Å². The van der Waals surface area contributed by atoms with Crippen molar-refractivity contribution in [3.05, 3.63) is 35.6 Å². The lowest BCUT2D eigenvalue weighted by Gasteiger charge is -2.31. The van der Waals surface area contributed by atoms with E-state index in [0.717, 1.165) is 31.1 Å². The number of nitrogens with zero attached hydrogens (tertiary/aromatic N) is 1. The zero-order valence-electron chi connectivity index (χ0n) is 12.9. The van der Waals surface area contributed by atoms with Gasteiger partial charge < -0.3 is 15.3 Å². The van der Waals surface area contributed by atoms with Gasteiger partial charge in [-0.2, -0.15) is 0 Å². The summed E-state index contributed by atoms with van der Waals surface area (Å²) in [7, 11) is 0. The van der Waals surface area contributed by atoms with Gasteiger partial charge in [0.05, 0.1) is 6.10 Å². The quantitative estimate of drug-likeness (QED) is 0.756. The number of hydrogen-bond acceptors (Lipinski definition) is 3. The van der Waals surface area contributed by atoms with E-state index in [1.807, 2.05) is 12.1 Å². The Morgan fingerprint density at radius 3 is 2.76 bits per heavy atom. The molecule has 1 aromatic rings. The van der Waals surface area contributed by atoms with Crippen LogP contribution in [0.1, 0.15) is 25.3 Å². The van der Waals surface area contributed by atoms with E-state index < -0.39 is 0 Å². The van der Waals surface area contributed by atoms with Crippen LogP contribution in [-0.2, 0) is 6.42 Å². The lowest BCUT2D eigenvalue weighted by Crippen LogP contribution is -2.42. The van der Waals surface area contributed by atoms with E-state index in [2.05, 4.69) is 17.1 Å². The van der Waals surface area contributed by atoms with Crippen molar-refractivity contribution in [2.45, 2.75) is 32.3 Å². The van der Waals surface area contributed by atoms with Gasteiger partial charge >= 0.3 is 0 Å². The molecule has 1 aliphatic rings. The minimum absolute atomic E-state index is 0.151. The lowest BCUT2D eigenvalue weighted by atomic mass is 9.99. The molecule has 2 rings (SSSR count). The van der Waals surface area contributed by atoms with Crippen LogP contribution < -0.4 is 5.32 Å². The Kier molecular flexibility index (Phi) is 6.61. The van der Waals surface area contributed by atoms with Crippen LogP contribution in [0.5, 0.6) is 0 Å². The van der Waals surface area contributed by atoms with Gasteiger partial charge in [0.2, 0.25) is 0 Å². The summed E-state index contributed by atoms with van der Waals surface area (Å²) in [5.74, 6) is 0.666. The molecule has 1 aromatic carbocycles. The second-order valence-corrected chi connectivity index (χ2v) is 6.18. The van der Waals surface area contributed by atoms with Crippen LogP contribution in [0.25, 0.3) is 0 Å². The lowest BCUT2D eigenvalue weighted by molar-refractivity contribution is 0.0910. The fourth-order valence-corrected chi connectivity index (χ4v) is 2.80. The SMILES string of the molecule is CC1CCN(CC(O)CNCCc2ccccc2F)CC1. The van der Waals surface area contributed by atoms with Gasteiger partial charge in [0.1, 0.15) is 5.82 Å². The topological polar surface area (TPSA) is 35.5 Å². The third kappa shape index (κ3) is 5.73. The summed E-state index contributed by atoms with van der Waals surface area (Å²) in [6, 6.07) is 6.85. The van der Waals surface area contributed by atoms with E-state index in [9.17, 15) is 9.50 Å². The van der Waals surface area contributed by atoms with Gasteiger partial charge in [-0.1, -0.05) is 25.1 Å². The van der Waals surface area contributed by atoms with Crippen LogP contribution in [0, 0.1) is 11.7 Å². The first kappa shape index (κ1) is 16.4. The average molecular weight is 294 g/mol. The molecular weight excluding hydrogens is 267 g/mol. The Bertz CT molecular complexity index is 419. The molecule has 1 saturated heterocycles. The fraction of sp³-hybridized carbons (Fsp3) is 0.647. The fourth-order valence-electron chi connectivity index (χ4n) is 2.80. The molecule has 1 unspecified atom stereocenters. The minimum atomic E-state index is -0.348. The number of piperidine rings is 1. The zero-order valence-corrected chi connectivity index (χ0v) is 12.9. The number of aliphatic hydroxyl groups excluding tert-OH is 1. The largest absolute Gasteiger partial charge is 0.390 e. The number of halogens is 1. The molecule has 0 saturated carbocycles. The zero-order chi connectivity index (χ0) is 15.1. The Morgan fingerprint density at radius 2 is 2.05 bits per heavy atom. The summed E-state index contributed by atoms with van der Waals surface area (Å²) in [5.41, 5.74) is 0.726. The molecule has 4 heteroatoms. The Balaban J connectivity index is 1.59. The molecule has 0 radical (unpaired) electrons. The molecule has 0 spiro atoms. The van der Waals surface area contributed by atoms with Crippen molar-refractivity contribution in [1.82, 2.24) is 10.2 Å². The summed E-state index contributed by atoms with van der Waals surface area (Å²) in [6.07, 6.45) is 2.76. The van der Waals surface area contributed by atoms with Crippen LogP contribution in [0.4, 0.5) is 4.39 Å². The summed E-state index contributed by atoms with van der Waals surface area (Å²) in [5, 5.41) is 13.3. The van der Waals surface area contributed by atoms with Crippen LogP contribution in [0.3, 0.4) is 0 Å². The van der Waals surface area contributed by atoms with Crippen molar-refractivity contribution < 1.29 is 9.50 Å². The van der Waals surface area contributed by atoms with Crippen molar-refractivity contribution in [2.75, 3.05) is 32.7 Å². The number of likely N-dealkylation sites (tertiary alicyclic amines) is 1. The van der Waals surface area contributed by atoms with Gasteiger partial charge in [0, 0.05) is 13.1 Å². The number of rotatable bonds is 7. The highest BCUT2D eigenvalue weighted by Crippen LogP contribution is 2.15. The van der Waals surface area contributed by atoms with E-state index in [4.69, 9.17) is 0 Å². The van der Waals surface area contributed by atoms with Crippen molar-refractivity contribution in [2.24, 2.45) is 5.92 Å². The number of hydrogen-bond donors (Lipinski definition) is 2. The first-order chi connectivity index (χ1) is 10.1. The normalized spacial score (nSPS) is 18.8. The van der Waals surface area contributed by atoms with Crippen LogP contribution in [-0.4, -0.2) is 48.8 Å². The maximum Gasteiger partial charge on any atom is 0.126 e. The second-order valence-electron chi connectivity index (χ2n) is 6.18. The third-order valence-corrected chi connectivity index (χ3v) is 4.25. The minimum Gasteiger partial charge on any atom is -0.390 e. The summed E-state index contributed by atoms with van der Waals surface area (Å²) in [4.78, 5) is 2.34. The molecule has 118 valence electrons. The number of β-amino-alcohol motifs (C(OH)–C–C–N with tert-alkyl or cyclic N) is 1. The Labute approximate surface area is 127 Å². The smallest absolute Gasteiger partial charge is 0.126 e. The van der Waals surface area contributed by atoms with Crippen molar-refractivity contribution >= 4 is 0 Å². The van der Waals surface area contributed by atoms with Gasteiger partial charge in [-0.15, -0.1) is 0 Å². The second kappa shape index (κ2) is 8.47. The highest BCUT2D eigenvalue weighted by Gasteiger charge is 2.17. The van der Waals surface area contributed by atoms with E-state index in [0.29, 0.717) is 19.5 Å². The Hall–Kier alpha value is -0.970. The van der Waals surface area contributed by atoms with E-state index in [1.54, 1.807) is 6.07 Å². The molecular formula is C17H27FN2O. The molecule has 0 bridgehead atoms. The molecule has 3 nitrogen and oxygen atoms in total. The van der Waals surface area contributed by atoms with Gasteiger partial charge in [-0.05, 0) is 56.4 Å². The first-order valence-electron chi connectivity index (χ1n) is 7.99. The molecule has 2 N–H and O–H groups in total. The number of nitrogens with one attached hydrogen (secondary N) is 1. The monoisotopic (exact) mass is 294 g/mol. The van der Waals surface area contributed by atoms with Crippen molar-refractivity contribution in [3.63, 3.8) is 0 Å². The van der Waals surface area contributed by atoms with Crippen molar-refractivity contribution in [1.29, 1.82) is 0 Å². The summed E-state index contributed by atoms with van der Waals surface area (Å²) in [6.45, 7) is 6.47. The van der Waals surface area contributed by atoms with Gasteiger partial charge in [-0.3, -0.25) is 0 Å². The maximum atomic E-state index is 13.4. The van der Waals surface area contributed by atoms with Crippen LogP contribution in [0.15, 0.2) is 24.3 Å². The van der Waals surface area contributed by atoms with Crippen molar-refractivity contribution in [3.8, 4) is 0 Å². The van der Waals surface area contributed by atoms with Gasteiger partial charge in [-0.25, -0.2) is 4.39 Å². The number of aliphatic hydroxyl groups is 1. The van der Waals surface area contributed by atoms with Gasteiger partial charge in [0.15, 0.2) is 0 Å². The molecule has 1 heterocycles. The molecule has 1 aliphatic heterocycles. The van der Waals surface area contributed by atoms with E-state index >= 15 is 0 Å². The molecule has 21 heavy (non-hydrogen) atoms.